The minimum absolute atomic E-state index is 0.00979. The van der Waals surface area contributed by atoms with E-state index < -0.39 is 5.76 Å². The first-order chi connectivity index (χ1) is 12.5. The van der Waals surface area contributed by atoms with Gasteiger partial charge in [0.1, 0.15) is 0 Å². The Morgan fingerprint density at radius 3 is 2.65 bits per heavy atom. The predicted octanol–water partition coefficient (Wildman–Crippen LogP) is 2.97. The van der Waals surface area contributed by atoms with Crippen molar-refractivity contribution in [2.45, 2.75) is 13.3 Å². The summed E-state index contributed by atoms with van der Waals surface area (Å²) >= 11 is 0. The fraction of sp³-hybridized carbons (Fsp3) is 0.211. The third-order valence-electron chi connectivity index (χ3n) is 4.52. The van der Waals surface area contributed by atoms with Crippen LogP contribution in [0.1, 0.15) is 23.7 Å². The van der Waals surface area contributed by atoms with Crippen molar-refractivity contribution in [2.24, 2.45) is 11.8 Å². The standard InChI is InChI=1S/C19H17N3O4/c1-10-7-14(10)18(24)21-12-4-2-3-11(8-12)17(23)20-13-5-6-16-15(9-13)22-19(25)26-16/h2-6,8-10,14H,7H2,1H3,(H,20,23)(H,21,24)(H,22,25)/t10-,14+/m0/s1. The first-order valence-electron chi connectivity index (χ1n) is 8.35. The van der Waals surface area contributed by atoms with Gasteiger partial charge in [-0.3, -0.25) is 14.6 Å². The lowest BCUT2D eigenvalue weighted by molar-refractivity contribution is -0.117. The molecule has 1 heterocycles. The molecule has 0 unspecified atom stereocenters. The van der Waals surface area contributed by atoms with Crippen LogP contribution in [-0.4, -0.2) is 16.8 Å². The zero-order valence-electron chi connectivity index (χ0n) is 14.0. The molecule has 2 aromatic carbocycles. The summed E-state index contributed by atoms with van der Waals surface area (Å²) in [7, 11) is 0. The molecule has 4 rings (SSSR count). The van der Waals surface area contributed by atoms with Crippen molar-refractivity contribution in [1.82, 2.24) is 4.98 Å². The molecule has 2 amide bonds. The van der Waals surface area contributed by atoms with Crippen molar-refractivity contribution < 1.29 is 14.0 Å². The van der Waals surface area contributed by atoms with Crippen LogP contribution < -0.4 is 16.4 Å². The van der Waals surface area contributed by atoms with Crippen molar-refractivity contribution >= 4 is 34.3 Å². The fourth-order valence-corrected chi connectivity index (χ4v) is 2.89. The molecule has 1 aromatic heterocycles. The highest BCUT2D eigenvalue weighted by atomic mass is 16.4. The molecule has 132 valence electrons. The number of aromatic nitrogens is 1. The monoisotopic (exact) mass is 351 g/mol. The zero-order chi connectivity index (χ0) is 18.3. The van der Waals surface area contributed by atoms with E-state index in [-0.39, 0.29) is 17.7 Å². The largest absolute Gasteiger partial charge is 0.417 e. The number of oxazole rings is 1. The Hall–Kier alpha value is -3.35. The van der Waals surface area contributed by atoms with Gasteiger partial charge in [-0.25, -0.2) is 4.79 Å². The quantitative estimate of drug-likeness (QED) is 0.672. The van der Waals surface area contributed by atoms with Crippen LogP contribution in [0.15, 0.2) is 51.7 Å². The molecule has 0 spiro atoms. The van der Waals surface area contributed by atoms with E-state index in [1.54, 1.807) is 42.5 Å². The number of carbonyl (C=O) groups excluding carboxylic acids is 2. The van der Waals surface area contributed by atoms with Gasteiger partial charge in [-0.2, -0.15) is 0 Å². The number of carbonyl (C=O) groups is 2. The third-order valence-corrected chi connectivity index (χ3v) is 4.52. The number of benzene rings is 2. The van der Waals surface area contributed by atoms with Crippen LogP contribution in [0.2, 0.25) is 0 Å². The smallest absolute Gasteiger partial charge is 0.408 e. The van der Waals surface area contributed by atoms with Crippen molar-refractivity contribution in [3.8, 4) is 0 Å². The van der Waals surface area contributed by atoms with E-state index in [9.17, 15) is 14.4 Å². The highest BCUT2D eigenvalue weighted by molar-refractivity contribution is 6.06. The van der Waals surface area contributed by atoms with Crippen LogP contribution in [0.4, 0.5) is 11.4 Å². The second-order valence-corrected chi connectivity index (χ2v) is 6.57. The van der Waals surface area contributed by atoms with Gasteiger partial charge >= 0.3 is 5.76 Å². The summed E-state index contributed by atoms with van der Waals surface area (Å²) < 4.78 is 4.93. The Balaban J connectivity index is 1.49. The van der Waals surface area contributed by atoms with E-state index in [4.69, 9.17) is 4.42 Å². The average Bonchev–Trinajstić information content (AvgIpc) is 3.22. The number of hydrogen-bond acceptors (Lipinski definition) is 4. The van der Waals surface area contributed by atoms with E-state index in [1.807, 2.05) is 6.92 Å². The molecule has 0 radical (unpaired) electrons. The number of aromatic amines is 1. The third kappa shape index (κ3) is 3.23. The molecule has 0 bridgehead atoms. The number of amides is 2. The number of nitrogens with one attached hydrogen (secondary N) is 3. The second kappa shape index (κ2) is 6.18. The molecular weight excluding hydrogens is 334 g/mol. The Kier molecular flexibility index (Phi) is 3.84. The molecule has 1 saturated carbocycles. The first kappa shape index (κ1) is 16.1. The highest BCUT2D eigenvalue weighted by Crippen LogP contribution is 2.38. The molecule has 3 N–H and O–H groups in total. The molecule has 26 heavy (non-hydrogen) atoms. The van der Waals surface area contributed by atoms with Gasteiger partial charge in [0.2, 0.25) is 5.91 Å². The molecular formula is C19H17N3O4. The van der Waals surface area contributed by atoms with Gasteiger partial charge in [0.15, 0.2) is 5.58 Å². The summed E-state index contributed by atoms with van der Waals surface area (Å²) in [6, 6.07) is 11.7. The van der Waals surface area contributed by atoms with E-state index >= 15 is 0 Å². The number of anilines is 2. The predicted molar refractivity (Wildman–Crippen MR) is 97.1 cm³/mol. The Morgan fingerprint density at radius 2 is 1.88 bits per heavy atom. The maximum atomic E-state index is 12.5. The topological polar surface area (TPSA) is 104 Å². The molecule has 1 fully saturated rings. The molecule has 3 aromatic rings. The number of hydrogen-bond donors (Lipinski definition) is 3. The summed E-state index contributed by atoms with van der Waals surface area (Å²) in [5.41, 5.74) is 2.48. The van der Waals surface area contributed by atoms with Gasteiger partial charge in [0, 0.05) is 22.9 Å². The lowest BCUT2D eigenvalue weighted by Crippen LogP contribution is -2.16. The summed E-state index contributed by atoms with van der Waals surface area (Å²) in [5.74, 6) is -0.380. The van der Waals surface area contributed by atoms with E-state index in [2.05, 4.69) is 15.6 Å². The first-order valence-corrected chi connectivity index (χ1v) is 8.35. The van der Waals surface area contributed by atoms with Crippen LogP contribution in [0, 0.1) is 11.8 Å². The van der Waals surface area contributed by atoms with Gasteiger partial charge in [-0.05, 0) is 48.7 Å². The average molecular weight is 351 g/mol. The normalized spacial score (nSPS) is 18.5. The van der Waals surface area contributed by atoms with Crippen molar-refractivity contribution in [2.75, 3.05) is 10.6 Å². The maximum Gasteiger partial charge on any atom is 0.417 e. The number of rotatable bonds is 4. The van der Waals surface area contributed by atoms with Crippen LogP contribution in [0.25, 0.3) is 11.1 Å². The molecule has 0 aliphatic heterocycles. The fourth-order valence-electron chi connectivity index (χ4n) is 2.89. The molecule has 7 nitrogen and oxygen atoms in total. The lowest BCUT2D eigenvalue weighted by Gasteiger charge is -2.08. The highest BCUT2D eigenvalue weighted by Gasteiger charge is 2.39. The summed E-state index contributed by atoms with van der Waals surface area (Å²) in [4.78, 5) is 38.2. The lowest BCUT2D eigenvalue weighted by atomic mass is 10.1. The SMILES string of the molecule is C[C@H]1C[C@H]1C(=O)Nc1cccc(C(=O)Nc2ccc3oc(=O)[nH]c3c2)c1. The van der Waals surface area contributed by atoms with Gasteiger partial charge in [-0.1, -0.05) is 13.0 Å². The Labute approximate surface area is 148 Å². The molecule has 2 atom stereocenters. The molecule has 1 aliphatic carbocycles. The summed E-state index contributed by atoms with van der Waals surface area (Å²) in [6.45, 7) is 2.04. The van der Waals surface area contributed by atoms with Gasteiger partial charge in [0.05, 0.1) is 5.52 Å². The minimum atomic E-state index is -0.545. The zero-order valence-corrected chi connectivity index (χ0v) is 14.0. The second-order valence-electron chi connectivity index (χ2n) is 6.57. The summed E-state index contributed by atoms with van der Waals surface area (Å²) in [5, 5.41) is 5.62. The van der Waals surface area contributed by atoms with E-state index in [0.717, 1.165) is 6.42 Å². The molecule has 1 aliphatic rings. The van der Waals surface area contributed by atoms with Gasteiger partial charge in [-0.15, -0.1) is 0 Å². The van der Waals surface area contributed by atoms with Gasteiger partial charge in [0.25, 0.3) is 5.91 Å². The van der Waals surface area contributed by atoms with Gasteiger partial charge < -0.3 is 15.1 Å². The summed E-state index contributed by atoms with van der Waals surface area (Å²) in [6.07, 6.45) is 0.907. The van der Waals surface area contributed by atoms with Crippen LogP contribution in [-0.2, 0) is 4.79 Å². The van der Waals surface area contributed by atoms with E-state index in [1.165, 1.54) is 0 Å². The Morgan fingerprint density at radius 1 is 1.12 bits per heavy atom. The number of fused-ring (bicyclic) bond motifs is 1. The number of H-pyrrole nitrogens is 1. The van der Waals surface area contributed by atoms with E-state index in [0.29, 0.717) is 34.0 Å². The Bertz CT molecular complexity index is 1070. The van der Waals surface area contributed by atoms with Crippen LogP contribution in [0.3, 0.4) is 0 Å². The van der Waals surface area contributed by atoms with Crippen LogP contribution in [0.5, 0.6) is 0 Å². The van der Waals surface area contributed by atoms with Crippen LogP contribution >= 0.6 is 0 Å². The van der Waals surface area contributed by atoms with Crippen molar-refractivity contribution in [3.05, 3.63) is 58.6 Å². The van der Waals surface area contributed by atoms with Crippen molar-refractivity contribution in [3.63, 3.8) is 0 Å². The van der Waals surface area contributed by atoms with Crippen molar-refractivity contribution in [1.29, 1.82) is 0 Å². The molecule has 0 saturated heterocycles. The molecule has 7 heteroatoms. The maximum absolute atomic E-state index is 12.5. The minimum Gasteiger partial charge on any atom is -0.408 e.